The van der Waals surface area contributed by atoms with E-state index in [-0.39, 0.29) is 18.6 Å². The van der Waals surface area contributed by atoms with Crippen molar-refractivity contribution in [3.05, 3.63) is 29.8 Å². The summed E-state index contributed by atoms with van der Waals surface area (Å²) in [6, 6.07) is 7.87. The van der Waals surface area contributed by atoms with Gasteiger partial charge < -0.3 is 15.2 Å². The summed E-state index contributed by atoms with van der Waals surface area (Å²) in [5.74, 6) is 3.30. The third kappa shape index (κ3) is 5.78. The van der Waals surface area contributed by atoms with Crippen LogP contribution in [0.4, 0.5) is 0 Å². The first-order chi connectivity index (χ1) is 9.09. The van der Waals surface area contributed by atoms with E-state index in [0.29, 0.717) is 0 Å². The molecule has 0 spiro atoms. The Morgan fingerprint density at radius 2 is 2.11 bits per heavy atom. The molecule has 0 aliphatic heterocycles. The predicted octanol–water partition coefficient (Wildman–Crippen LogP) is 2.20. The van der Waals surface area contributed by atoms with Gasteiger partial charge in [0.25, 0.3) is 0 Å². The number of benzene rings is 1. The minimum absolute atomic E-state index is 0.0867. The van der Waals surface area contributed by atoms with Crippen molar-refractivity contribution >= 4 is 0 Å². The molecule has 1 aromatic carbocycles. The van der Waals surface area contributed by atoms with Crippen LogP contribution in [0.3, 0.4) is 0 Å². The average Bonchev–Trinajstić information content (AvgIpc) is 2.37. The third-order valence-electron chi connectivity index (χ3n) is 2.99. The first kappa shape index (κ1) is 15.6. The summed E-state index contributed by atoms with van der Waals surface area (Å²) in [6.07, 6.45) is 5.99. The molecule has 0 bridgehead atoms. The van der Waals surface area contributed by atoms with Crippen LogP contribution in [0.2, 0.25) is 0 Å². The zero-order chi connectivity index (χ0) is 14.1. The van der Waals surface area contributed by atoms with Crippen LogP contribution in [0.15, 0.2) is 24.3 Å². The highest BCUT2D eigenvalue weighted by Crippen LogP contribution is 2.20. The molecular formula is C16H23NO2. The predicted molar refractivity (Wildman–Crippen MR) is 78.0 cm³/mol. The number of aliphatic hydroxyl groups excluding tert-OH is 1. The maximum atomic E-state index is 8.99. The van der Waals surface area contributed by atoms with Crippen LogP contribution in [-0.2, 0) is 6.54 Å². The molecule has 0 fully saturated rings. The van der Waals surface area contributed by atoms with Crippen molar-refractivity contribution in [2.75, 3.05) is 19.8 Å². The molecule has 0 aliphatic rings. The Bertz CT molecular complexity index is 421. The summed E-state index contributed by atoms with van der Waals surface area (Å²) in [5.41, 5.74) is 1.18. The third-order valence-corrected chi connectivity index (χ3v) is 2.99. The molecule has 0 aliphatic carbocycles. The van der Waals surface area contributed by atoms with Crippen molar-refractivity contribution in [1.82, 2.24) is 5.32 Å². The van der Waals surface area contributed by atoms with Gasteiger partial charge >= 0.3 is 0 Å². The molecule has 0 amide bonds. The van der Waals surface area contributed by atoms with E-state index in [9.17, 15) is 0 Å². The number of para-hydroxylation sites is 1. The van der Waals surface area contributed by atoms with E-state index in [0.717, 1.165) is 30.8 Å². The van der Waals surface area contributed by atoms with Gasteiger partial charge in [-0.05, 0) is 17.9 Å². The second-order valence-corrected chi connectivity index (χ2v) is 5.34. The van der Waals surface area contributed by atoms with Crippen molar-refractivity contribution < 1.29 is 9.84 Å². The fourth-order valence-corrected chi connectivity index (χ4v) is 1.84. The van der Waals surface area contributed by atoms with Gasteiger partial charge in [-0.3, -0.25) is 0 Å². The summed E-state index contributed by atoms with van der Waals surface area (Å²) >= 11 is 0. The Morgan fingerprint density at radius 1 is 1.37 bits per heavy atom. The van der Waals surface area contributed by atoms with Gasteiger partial charge in [-0.25, -0.2) is 0 Å². The lowest BCUT2D eigenvalue weighted by molar-refractivity contribution is 0.207. The Balaban J connectivity index is 2.51. The maximum absolute atomic E-state index is 8.99. The molecule has 0 saturated carbocycles. The van der Waals surface area contributed by atoms with Gasteiger partial charge in [-0.2, -0.15) is 0 Å². The summed E-state index contributed by atoms with van der Waals surface area (Å²) in [7, 11) is 0. The number of nitrogens with one attached hydrogen (secondary N) is 1. The molecule has 0 unspecified atom stereocenters. The summed E-state index contributed by atoms with van der Waals surface area (Å²) < 4.78 is 5.50. The molecule has 0 aromatic heterocycles. The Hall–Kier alpha value is -1.50. The van der Waals surface area contributed by atoms with Crippen LogP contribution >= 0.6 is 0 Å². The van der Waals surface area contributed by atoms with Gasteiger partial charge in [0.15, 0.2) is 0 Å². The van der Waals surface area contributed by atoms with Crippen LogP contribution in [0.25, 0.3) is 0 Å². The quantitative estimate of drug-likeness (QED) is 0.705. The van der Waals surface area contributed by atoms with Crippen molar-refractivity contribution in [3.8, 4) is 18.1 Å². The topological polar surface area (TPSA) is 41.5 Å². The van der Waals surface area contributed by atoms with Crippen LogP contribution in [0.5, 0.6) is 5.75 Å². The average molecular weight is 261 g/mol. The lowest BCUT2D eigenvalue weighted by Crippen LogP contribution is -2.30. The van der Waals surface area contributed by atoms with E-state index < -0.39 is 0 Å². The second-order valence-electron chi connectivity index (χ2n) is 5.34. The van der Waals surface area contributed by atoms with Crippen molar-refractivity contribution in [3.63, 3.8) is 0 Å². The Labute approximate surface area is 116 Å². The zero-order valence-electron chi connectivity index (χ0n) is 11.8. The van der Waals surface area contributed by atoms with Crippen LogP contribution in [0.1, 0.15) is 25.8 Å². The van der Waals surface area contributed by atoms with Crippen molar-refractivity contribution in [2.45, 2.75) is 26.8 Å². The highest BCUT2D eigenvalue weighted by Gasteiger charge is 2.16. The number of hydrogen-bond donors (Lipinski definition) is 2. The lowest BCUT2D eigenvalue weighted by Gasteiger charge is -2.24. The first-order valence-electron chi connectivity index (χ1n) is 6.55. The molecule has 3 heteroatoms. The van der Waals surface area contributed by atoms with Gasteiger partial charge in [0.05, 0.1) is 0 Å². The Kier molecular flexibility index (Phi) is 6.41. The summed E-state index contributed by atoms with van der Waals surface area (Å²) in [6.45, 7) is 6.35. The van der Waals surface area contributed by atoms with Crippen molar-refractivity contribution in [2.24, 2.45) is 5.41 Å². The minimum atomic E-state index is 0.0867. The maximum Gasteiger partial charge on any atom is 0.148 e. The molecule has 0 radical (unpaired) electrons. The van der Waals surface area contributed by atoms with Gasteiger partial charge in [0, 0.05) is 25.3 Å². The van der Waals surface area contributed by atoms with E-state index in [1.807, 2.05) is 24.3 Å². The van der Waals surface area contributed by atoms with Gasteiger partial charge in [0.1, 0.15) is 12.4 Å². The molecule has 2 N–H and O–H groups in total. The van der Waals surface area contributed by atoms with Crippen molar-refractivity contribution in [1.29, 1.82) is 0 Å². The summed E-state index contributed by atoms with van der Waals surface area (Å²) in [4.78, 5) is 0. The first-order valence-corrected chi connectivity index (χ1v) is 6.55. The molecule has 0 atom stereocenters. The SMILES string of the molecule is C#CCOc1ccccc1CNCC(C)(C)CCO. The number of terminal acetylenes is 1. The highest BCUT2D eigenvalue weighted by molar-refractivity contribution is 5.33. The largest absolute Gasteiger partial charge is 0.481 e. The van der Waals surface area contributed by atoms with Crippen LogP contribution < -0.4 is 10.1 Å². The normalized spacial score (nSPS) is 11.1. The standard InChI is InChI=1S/C16H23NO2/c1-4-11-19-15-8-6-5-7-14(15)12-17-13-16(2,3)9-10-18/h1,5-8,17-18H,9-13H2,2-3H3. The fraction of sp³-hybridized carbons (Fsp3) is 0.500. The summed E-state index contributed by atoms with van der Waals surface area (Å²) in [5, 5.41) is 12.4. The number of aliphatic hydroxyl groups is 1. The van der Waals surface area contributed by atoms with E-state index in [1.54, 1.807) is 0 Å². The second kappa shape index (κ2) is 7.83. The molecule has 0 heterocycles. The van der Waals surface area contributed by atoms with E-state index in [2.05, 4.69) is 25.1 Å². The van der Waals surface area contributed by atoms with Crippen LogP contribution in [0, 0.1) is 17.8 Å². The van der Waals surface area contributed by atoms with Gasteiger partial charge in [-0.1, -0.05) is 38.0 Å². The molecule has 1 aromatic rings. The van der Waals surface area contributed by atoms with E-state index >= 15 is 0 Å². The number of hydrogen-bond acceptors (Lipinski definition) is 3. The number of rotatable bonds is 8. The smallest absolute Gasteiger partial charge is 0.148 e. The molecular weight excluding hydrogens is 238 g/mol. The minimum Gasteiger partial charge on any atom is -0.481 e. The monoisotopic (exact) mass is 261 g/mol. The molecule has 0 saturated heterocycles. The molecule has 1 rings (SSSR count). The molecule has 19 heavy (non-hydrogen) atoms. The van der Waals surface area contributed by atoms with E-state index in [1.165, 1.54) is 0 Å². The number of ether oxygens (including phenoxy) is 1. The molecule has 104 valence electrons. The highest BCUT2D eigenvalue weighted by atomic mass is 16.5. The van der Waals surface area contributed by atoms with E-state index in [4.69, 9.17) is 16.3 Å². The fourth-order valence-electron chi connectivity index (χ4n) is 1.84. The Morgan fingerprint density at radius 3 is 2.79 bits per heavy atom. The molecule has 3 nitrogen and oxygen atoms in total. The van der Waals surface area contributed by atoms with Gasteiger partial charge in [-0.15, -0.1) is 6.42 Å². The van der Waals surface area contributed by atoms with Gasteiger partial charge in [0.2, 0.25) is 0 Å². The zero-order valence-corrected chi connectivity index (χ0v) is 11.8. The lowest BCUT2D eigenvalue weighted by atomic mass is 9.90. The van der Waals surface area contributed by atoms with Crippen LogP contribution in [-0.4, -0.2) is 24.9 Å².